The minimum Gasteiger partial charge on any atom is -0.491 e. The fourth-order valence-corrected chi connectivity index (χ4v) is 4.00. The Morgan fingerprint density at radius 1 is 0.931 bits per heavy atom. The summed E-state index contributed by atoms with van der Waals surface area (Å²) in [4.78, 5) is 14.9. The molecule has 29 heavy (non-hydrogen) atoms. The smallest absolute Gasteiger partial charge is 0.223 e. The third-order valence-electron chi connectivity index (χ3n) is 5.62. The first-order valence-corrected chi connectivity index (χ1v) is 10.4. The van der Waals surface area contributed by atoms with Crippen molar-refractivity contribution in [3.8, 4) is 5.75 Å². The summed E-state index contributed by atoms with van der Waals surface area (Å²) >= 11 is 0. The zero-order valence-corrected chi connectivity index (χ0v) is 16.7. The van der Waals surface area contributed by atoms with E-state index in [2.05, 4.69) is 52.7 Å². The second-order valence-corrected chi connectivity index (χ2v) is 7.65. The predicted molar refractivity (Wildman–Crippen MR) is 117 cm³/mol. The highest BCUT2D eigenvalue weighted by molar-refractivity contribution is 5.88. The molecule has 0 aliphatic carbocycles. The molecule has 3 aromatic rings. The normalized spacial score (nSPS) is 15.3. The van der Waals surface area contributed by atoms with Crippen LogP contribution in [0.5, 0.6) is 5.75 Å². The van der Waals surface area contributed by atoms with Crippen LogP contribution in [0.25, 0.3) is 10.8 Å². The third kappa shape index (κ3) is 5.15. The van der Waals surface area contributed by atoms with E-state index in [1.54, 1.807) is 0 Å². The maximum atomic E-state index is 12.5. The van der Waals surface area contributed by atoms with Crippen molar-refractivity contribution in [3.05, 3.63) is 78.4 Å². The Labute approximate surface area is 172 Å². The van der Waals surface area contributed by atoms with Gasteiger partial charge < -0.3 is 10.1 Å². The number of hydrogen-bond donors (Lipinski definition) is 1. The minimum absolute atomic E-state index is 0.111. The van der Waals surface area contributed by atoms with E-state index in [1.807, 2.05) is 30.3 Å². The van der Waals surface area contributed by atoms with Crippen LogP contribution in [-0.2, 0) is 11.3 Å². The topological polar surface area (TPSA) is 41.6 Å². The molecule has 1 fully saturated rings. The maximum absolute atomic E-state index is 12.5. The molecule has 4 nitrogen and oxygen atoms in total. The molecule has 1 aliphatic heterocycles. The van der Waals surface area contributed by atoms with Gasteiger partial charge in [-0.05, 0) is 42.9 Å². The van der Waals surface area contributed by atoms with Gasteiger partial charge in [0.2, 0.25) is 5.91 Å². The molecule has 150 valence electrons. The Morgan fingerprint density at radius 3 is 2.48 bits per heavy atom. The Morgan fingerprint density at radius 2 is 1.66 bits per heavy atom. The van der Waals surface area contributed by atoms with Crippen molar-refractivity contribution in [1.29, 1.82) is 0 Å². The summed E-state index contributed by atoms with van der Waals surface area (Å²) in [6, 6.07) is 24.8. The van der Waals surface area contributed by atoms with Gasteiger partial charge in [-0.3, -0.25) is 9.69 Å². The third-order valence-corrected chi connectivity index (χ3v) is 5.62. The monoisotopic (exact) mass is 388 g/mol. The molecule has 0 unspecified atom stereocenters. The Kier molecular flexibility index (Phi) is 6.42. The average molecular weight is 389 g/mol. The zero-order chi connectivity index (χ0) is 19.9. The molecule has 0 atom stereocenters. The second kappa shape index (κ2) is 9.57. The highest BCUT2D eigenvalue weighted by Crippen LogP contribution is 2.25. The van der Waals surface area contributed by atoms with Crippen molar-refractivity contribution in [3.63, 3.8) is 0 Å². The number of piperidine rings is 1. The number of amides is 1. The van der Waals surface area contributed by atoms with Gasteiger partial charge in [-0.15, -0.1) is 0 Å². The van der Waals surface area contributed by atoms with Gasteiger partial charge in [0.05, 0.1) is 6.54 Å². The summed E-state index contributed by atoms with van der Waals surface area (Å²) in [7, 11) is 0. The van der Waals surface area contributed by atoms with Gasteiger partial charge in [-0.1, -0.05) is 66.7 Å². The number of carbonyl (C=O) groups excluding carboxylic acids is 1. The van der Waals surface area contributed by atoms with Crippen LogP contribution in [0.3, 0.4) is 0 Å². The van der Waals surface area contributed by atoms with E-state index in [9.17, 15) is 4.79 Å². The van der Waals surface area contributed by atoms with E-state index in [4.69, 9.17) is 4.74 Å². The van der Waals surface area contributed by atoms with Crippen molar-refractivity contribution in [2.75, 3.05) is 26.2 Å². The maximum Gasteiger partial charge on any atom is 0.223 e. The number of likely N-dealkylation sites (tertiary alicyclic amines) is 1. The fourth-order valence-electron chi connectivity index (χ4n) is 4.00. The standard InChI is InChI=1S/C25H28N2O2/c28-25(22-13-16-27(17-14-22)19-20-7-2-1-3-8-20)26-15-18-29-24-12-6-10-21-9-4-5-11-23(21)24/h1-12,22H,13-19H2,(H,26,28). The van der Waals surface area contributed by atoms with Gasteiger partial charge in [0, 0.05) is 17.8 Å². The SMILES string of the molecule is O=C(NCCOc1cccc2ccccc12)C1CCN(Cc2ccccc2)CC1. The van der Waals surface area contributed by atoms with Gasteiger partial charge >= 0.3 is 0 Å². The van der Waals surface area contributed by atoms with Gasteiger partial charge in [0.1, 0.15) is 12.4 Å². The number of rotatable bonds is 7. The largest absolute Gasteiger partial charge is 0.491 e. The molecular weight excluding hydrogens is 360 g/mol. The van der Waals surface area contributed by atoms with Crippen LogP contribution in [-0.4, -0.2) is 37.0 Å². The van der Waals surface area contributed by atoms with E-state index in [-0.39, 0.29) is 11.8 Å². The van der Waals surface area contributed by atoms with E-state index in [1.165, 1.54) is 5.56 Å². The first kappa shape index (κ1) is 19.5. The number of ether oxygens (including phenoxy) is 1. The molecule has 4 heteroatoms. The van der Waals surface area contributed by atoms with E-state index in [0.29, 0.717) is 13.2 Å². The number of carbonyl (C=O) groups is 1. The molecule has 1 amide bonds. The second-order valence-electron chi connectivity index (χ2n) is 7.65. The predicted octanol–water partition coefficient (Wildman–Crippen LogP) is 4.25. The molecule has 0 radical (unpaired) electrons. The Hall–Kier alpha value is -2.85. The highest BCUT2D eigenvalue weighted by atomic mass is 16.5. The molecule has 1 aliphatic rings. The highest BCUT2D eigenvalue weighted by Gasteiger charge is 2.24. The molecule has 3 aromatic carbocycles. The summed E-state index contributed by atoms with van der Waals surface area (Å²) in [5.41, 5.74) is 1.33. The molecule has 1 N–H and O–H groups in total. The Bertz CT molecular complexity index is 928. The molecular formula is C25H28N2O2. The molecule has 4 rings (SSSR count). The van der Waals surface area contributed by atoms with Crippen molar-refractivity contribution in [2.24, 2.45) is 5.92 Å². The van der Waals surface area contributed by atoms with Crippen LogP contribution in [0.1, 0.15) is 18.4 Å². The van der Waals surface area contributed by atoms with Crippen LogP contribution < -0.4 is 10.1 Å². The number of benzene rings is 3. The van der Waals surface area contributed by atoms with Crippen molar-refractivity contribution < 1.29 is 9.53 Å². The van der Waals surface area contributed by atoms with Gasteiger partial charge in [0.25, 0.3) is 0 Å². The van der Waals surface area contributed by atoms with Gasteiger partial charge in [0.15, 0.2) is 0 Å². The quantitative estimate of drug-likeness (QED) is 0.616. The molecule has 1 heterocycles. The van der Waals surface area contributed by atoms with Crippen LogP contribution in [0.4, 0.5) is 0 Å². The molecule has 0 bridgehead atoms. The van der Waals surface area contributed by atoms with E-state index >= 15 is 0 Å². The number of nitrogens with zero attached hydrogens (tertiary/aromatic N) is 1. The van der Waals surface area contributed by atoms with E-state index < -0.39 is 0 Å². The minimum atomic E-state index is 0.111. The summed E-state index contributed by atoms with van der Waals surface area (Å²) in [5.74, 6) is 1.14. The van der Waals surface area contributed by atoms with Crippen LogP contribution in [0.2, 0.25) is 0 Å². The average Bonchev–Trinajstić information content (AvgIpc) is 2.78. The molecule has 0 saturated carbocycles. The van der Waals surface area contributed by atoms with Crippen LogP contribution in [0.15, 0.2) is 72.8 Å². The number of nitrogens with one attached hydrogen (secondary N) is 1. The van der Waals surface area contributed by atoms with Crippen LogP contribution in [0, 0.1) is 5.92 Å². The summed E-state index contributed by atoms with van der Waals surface area (Å²) in [6.45, 7) is 3.92. The lowest BCUT2D eigenvalue weighted by Gasteiger charge is -2.31. The fraction of sp³-hybridized carbons (Fsp3) is 0.320. The summed E-state index contributed by atoms with van der Waals surface area (Å²) < 4.78 is 5.92. The molecule has 0 spiro atoms. The zero-order valence-electron chi connectivity index (χ0n) is 16.7. The molecule has 1 saturated heterocycles. The number of fused-ring (bicyclic) bond motifs is 1. The van der Waals surface area contributed by atoms with Crippen molar-refractivity contribution >= 4 is 16.7 Å². The van der Waals surface area contributed by atoms with Gasteiger partial charge in [-0.2, -0.15) is 0 Å². The Balaban J connectivity index is 1.19. The molecule has 0 aromatic heterocycles. The number of hydrogen-bond acceptors (Lipinski definition) is 3. The van der Waals surface area contributed by atoms with Crippen molar-refractivity contribution in [2.45, 2.75) is 19.4 Å². The van der Waals surface area contributed by atoms with Crippen molar-refractivity contribution in [1.82, 2.24) is 10.2 Å². The lowest BCUT2D eigenvalue weighted by molar-refractivity contribution is -0.126. The van der Waals surface area contributed by atoms with Crippen LogP contribution >= 0.6 is 0 Å². The summed E-state index contributed by atoms with van der Waals surface area (Å²) in [6.07, 6.45) is 1.84. The lowest BCUT2D eigenvalue weighted by atomic mass is 9.95. The first-order valence-electron chi connectivity index (χ1n) is 10.4. The van der Waals surface area contributed by atoms with E-state index in [0.717, 1.165) is 49.0 Å². The van der Waals surface area contributed by atoms with Gasteiger partial charge in [-0.25, -0.2) is 0 Å². The summed E-state index contributed by atoms with van der Waals surface area (Å²) in [5, 5.41) is 5.32. The first-order chi connectivity index (χ1) is 14.3. The lowest BCUT2D eigenvalue weighted by Crippen LogP contribution is -2.41.